The van der Waals surface area contributed by atoms with Crippen LogP contribution in [0.2, 0.25) is 0 Å². The Balaban J connectivity index is 2.29. The van der Waals surface area contributed by atoms with Gasteiger partial charge in [0.1, 0.15) is 10.7 Å². The molecule has 0 saturated heterocycles. The van der Waals surface area contributed by atoms with Crippen molar-refractivity contribution in [3.8, 4) is 0 Å². The lowest BCUT2D eigenvalue weighted by Gasteiger charge is -2.01. The first-order valence-electron chi connectivity index (χ1n) is 5.14. The molecule has 2 aromatic heterocycles. The van der Waals surface area contributed by atoms with E-state index >= 15 is 0 Å². The average molecular weight is 237 g/mol. The topological polar surface area (TPSA) is 52.5 Å². The highest BCUT2D eigenvalue weighted by molar-refractivity contribution is 7.99. The molecule has 0 atom stereocenters. The molecule has 0 aliphatic carbocycles. The van der Waals surface area contributed by atoms with Gasteiger partial charge in [0.2, 0.25) is 0 Å². The zero-order valence-corrected chi connectivity index (χ0v) is 10.0. The lowest BCUT2D eigenvalue weighted by Crippen LogP contribution is -2.02. The summed E-state index contributed by atoms with van der Waals surface area (Å²) in [4.78, 5) is 4.55. The predicted octanol–water partition coefficient (Wildman–Crippen LogP) is 1.53. The van der Waals surface area contributed by atoms with Crippen LogP contribution in [0.4, 0.5) is 0 Å². The van der Waals surface area contributed by atoms with Crippen LogP contribution in [0.25, 0.3) is 5.65 Å². The number of imidazole rings is 1. The fourth-order valence-electron chi connectivity index (χ4n) is 1.55. The Morgan fingerprint density at radius 2 is 2.38 bits per heavy atom. The molecule has 0 saturated carbocycles. The number of pyridine rings is 1. The van der Waals surface area contributed by atoms with E-state index in [-0.39, 0.29) is 0 Å². The molecule has 2 aromatic rings. The summed E-state index contributed by atoms with van der Waals surface area (Å²) in [7, 11) is 1.70. The van der Waals surface area contributed by atoms with Gasteiger partial charge in [0.05, 0.1) is 12.3 Å². The van der Waals surface area contributed by atoms with Crippen LogP contribution in [-0.4, -0.2) is 28.9 Å². The van der Waals surface area contributed by atoms with Gasteiger partial charge in [-0.3, -0.25) is 0 Å². The van der Waals surface area contributed by atoms with Crippen LogP contribution < -0.4 is 5.73 Å². The van der Waals surface area contributed by atoms with E-state index in [1.807, 2.05) is 28.8 Å². The number of nitrogens with two attached hydrogens (primary N) is 1. The van der Waals surface area contributed by atoms with Gasteiger partial charge in [0, 0.05) is 25.6 Å². The third-order valence-electron chi connectivity index (χ3n) is 2.31. The fraction of sp³-hybridized carbons (Fsp3) is 0.364. The molecule has 0 spiro atoms. The fourth-order valence-corrected chi connectivity index (χ4v) is 2.50. The lowest BCUT2D eigenvalue weighted by molar-refractivity contribution is 0.218. The molecule has 0 radical (unpaired) electrons. The van der Waals surface area contributed by atoms with Gasteiger partial charge in [0.25, 0.3) is 0 Å². The van der Waals surface area contributed by atoms with Crippen LogP contribution in [0.15, 0.2) is 29.4 Å². The number of fused-ring (bicyclic) bond motifs is 1. The molecule has 16 heavy (non-hydrogen) atoms. The normalized spacial score (nSPS) is 11.1. The Hall–Kier alpha value is -1.04. The average Bonchev–Trinajstić information content (AvgIpc) is 2.67. The minimum atomic E-state index is 0.500. The molecule has 5 heteroatoms. The summed E-state index contributed by atoms with van der Waals surface area (Å²) in [5.41, 5.74) is 7.77. The van der Waals surface area contributed by atoms with Crippen molar-refractivity contribution < 1.29 is 4.74 Å². The lowest BCUT2D eigenvalue weighted by atomic mass is 10.4. The van der Waals surface area contributed by atoms with E-state index in [1.165, 1.54) is 0 Å². The molecular weight excluding hydrogens is 222 g/mol. The second-order valence-corrected chi connectivity index (χ2v) is 4.42. The number of rotatable bonds is 5. The van der Waals surface area contributed by atoms with E-state index in [9.17, 15) is 0 Å². The molecule has 4 nitrogen and oxygen atoms in total. The minimum Gasteiger partial charge on any atom is -0.384 e. The zero-order chi connectivity index (χ0) is 11.4. The molecular formula is C11H15N3OS. The zero-order valence-electron chi connectivity index (χ0n) is 9.22. The summed E-state index contributed by atoms with van der Waals surface area (Å²) in [5, 5.41) is 1.01. The van der Waals surface area contributed by atoms with Crippen LogP contribution in [0.5, 0.6) is 0 Å². The van der Waals surface area contributed by atoms with Crippen molar-refractivity contribution in [1.29, 1.82) is 0 Å². The van der Waals surface area contributed by atoms with Crippen molar-refractivity contribution in [3.63, 3.8) is 0 Å². The molecule has 0 aliphatic rings. The van der Waals surface area contributed by atoms with Crippen molar-refractivity contribution in [2.75, 3.05) is 19.5 Å². The SMILES string of the molecule is COCCSc1nc2ccccn2c1CN. The number of hydrogen-bond acceptors (Lipinski definition) is 4. The third kappa shape index (κ3) is 2.21. The number of nitrogens with zero attached hydrogens (tertiary/aromatic N) is 2. The second-order valence-electron chi connectivity index (χ2n) is 3.34. The van der Waals surface area contributed by atoms with Gasteiger partial charge in [-0.25, -0.2) is 4.98 Å². The summed E-state index contributed by atoms with van der Waals surface area (Å²) in [6.07, 6.45) is 1.99. The molecule has 0 aliphatic heterocycles. The Bertz CT molecular complexity index is 469. The molecule has 86 valence electrons. The molecule has 0 fully saturated rings. The first-order chi connectivity index (χ1) is 7.86. The molecule has 0 bridgehead atoms. The molecule has 2 N–H and O–H groups in total. The van der Waals surface area contributed by atoms with E-state index in [0.29, 0.717) is 6.54 Å². The van der Waals surface area contributed by atoms with Crippen molar-refractivity contribution in [2.24, 2.45) is 5.73 Å². The number of methoxy groups -OCH3 is 1. The van der Waals surface area contributed by atoms with Gasteiger partial charge >= 0.3 is 0 Å². The standard InChI is InChI=1S/C11H15N3OS/c1-15-6-7-16-11-9(8-12)14-5-3-2-4-10(14)13-11/h2-5H,6-8,12H2,1H3. The summed E-state index contributed by atoms with van der Waals surface area (Å²) < 4.78 is 7.06. The molecule has 0 unspecified atom stereocenters. The van der Waals surface area contributed by atoms with Crippen LogP contribution in [0, 0.1) is 0 Å². The largest absolute Gasteiger partial charge is 0.384 e. The van der Waals surface area contributed by atoms with Crippen LogP contribution in [0.3, 0.4) is 0 Å². The molecule has 0 amide bonds. The van der Waals surface area contributed by atoms with Crippen LogP contribution in [0.1, 0.15) is 5.69 Å². The van der Waals surface area contributed by atoms with Gasteiger partial charge in [-0.15, -0.1) is 11.8 Å². The first-order valence-corrected chi connectivity index (χ1v) is 6.13. The number of aromatic nitrogens is 2. The quantitative estimate of drug-likeness (QED) is 0.633. The highest BCUT2D eigenvalue weighted by Crippen LogP contribution is 2.22. The third-order valence-corrected chi connectivity index (χ3v) is 3.28. The van der Waals surface area contributed by atoms with E-state index in [1.54, 1.807) is 18.9 Å². The summed E-state index contributed by atoms with van der Waals surface area (Å²) in [6, 6.07) is 5.95. The van der Waals surface area contributed by atoms with Crippen LogP contribution in [-0.2, 0) is 11.3 Å². The van der Waals surface area contributed by atoms with E-state index in [2.05, 4.69) is 4.98 Å². The Morgan fingerprint density at radius 3 is 3.12 bits per heavy atom. The Kier molecular flexibility index (Phi) is 3.82. The number of ether oxygens (including phenoxy) is 1. The maximum Gasteiger partial charge on any atom is 0.138 e. The van der Waals surface area contributed by atoms with E-state index < -0.39 is 0 Å². The van der Waals surface area contributed by atoms with E-state index in [4.69, 9.17) is 10.5 Å². The van der Waals surface area contributed by atoms with Crippen molar-refractivity contribution in [3.05, 3.63) is 30.1 Å². The van der Waals surface area contributed by atoms with Gasteiger partial charge < -0.3 is 14.9 Å². The van der Waals surface area contributed by atoms with Crippen molar-refractivity contribution in [2.45, 2.75) is 11.6 Å². The molecule has 2 heterocycles. The maximum atomic E-state index is 5.76. The Labute approximate surface area is 98.8 Å². The number of hydrogen-bond donors (Lipinski definition) is 1. The van der Waals surface area contributed by atoms with Crippen molar-refractivity contribution in [1.82, 2.24) is 9.38 Å². The molecule has 0 aromatic carbocycles. The monoisotopic (exact) mass is 237 g/mol. The highest BCUT2D eigenvalue weighted by atomic mass is 32.2. The smallest absolute Gasteiger partial charge is 0.138 e. The summed E-state index contributed by atoms with van der Waals surface area (Å²) in [5.74, 6) is 0.896. The minimum absolute atomic E-state index is 0.500. The predicted molar refractivity (Wildman–Crippen MR) is 65.7 cm³/mol. The van der Waals surface area contributed by atoms with Gasteiger partial charge in [0.15, 0.2) is 0 Å². The van der Waals surface area contributed by atoms with Crippen molar-refractivity contribution >= 4 is 17.4 Å². The summed E-state index contributed by atoms with van der Waals surface area (Å²) >= 11 is 1.68. The highest BCUT2D eigenvalue weighted by Gasteiger charge is 2.10. The second kappa shape index (κ2) is 5.34. The summed E-state index contributed by atoms with van der Waals surface area (Å²) in [6.45, 7) is 1.23. The van der Waals surface area contributed by atoms with Gasteiger partial charge in [-0.1, -0.05) is 6.07 Å². The van der Waals surface area contributed by atoms with E-state index in [0.717, 1.165) is 28.7 Å². The van der Waals surface area contributed by atoms with Gasteiger partial charge in [-0.05, 0) is 12.1 Å². The molecule has 2 rings (SSSR count). The van der Waals surface area contributed by atoms with Gasteiger partial charge in [-0.2, -0.15) is 0 Å². The Morgan fingerprint density at radius 1 is 1.50 bits per heavy atom. The number of thioether (sulfide) groups is 1. The van der Waals surface area contributed by atoms with Crippen LogP contribution >= 0.6 is 11.8 Å². The maximum absolute atomic E-state index is 5.76. The first kappa shape index (κ1) is 11.4.